The summed E-state index contributed by atoms with van der Waals surface area (Å²) in [7, 11) is 2.92. The number of para-hydroxylation sites is 1. The van der Waals surface area contributed by atoms with Crippen molar-refractivity contribution in [3.8, 4) is 5.75 Å². The smallest absolute Gasteiger partial charge is 0.325 e. The van der Waals surface area contributed by atoms with Gasteiger partial charge in [-0.3, -0.25) is 9.59 Å². The van der Waals surface area contributed by atoms with Crippen molar-refractivity contribution >= 4 is 11.9 Å². The van der Waals surface area contributed by atoms with Crippen LogP contribution in [0.2, 0.25) is 0 Å². The molecule has 1 aromatic rings. The molecule has 0 saturated heterocycles. The van der Waals surface area contributed by atoms with Crippen molar-refractivity contribution in [1.29, 1.82) is 0 Å². The van der Waals surface area contributed by atoms with Crippen LogP contribution in [0.25, 0.3) is 0 Å². The summed E-state index contributed by atoms with van der Waals surface area (Å²) in [6.45, 7) is 2.32. The summed E-state index contributed by atoms with van der Waals surface area (Å²) >= 11 is 0. The Morgan fingerprint density at radius 1 is 1.20 bits per heavy atom. The van der Waals surface area contributed by atoms with Crippen molar-refractivity contribution < 1.29 is 19.1 Å². The molecular weight excluding hydrogens is 258 g/mol. The Kier molecular flexibility index (Phi) is 6.56. The van der Waals surface area contributed by atoms with Gasteiger partial charge in [0.1, 0.15) is 12.3 Å². The van der Waals surface area contributed by atoms with E-state index < -0.39 is 5.97 Å². The lowest BCUT2D eigenvalue weighted by molar-refractivity contribution is -0.146. The third kappa shape index (κ3) is 4.57. The number of aryl methyl sites for hydroxylation is 1. The number of hydrogen-bond acceptors (Lipinski definition) is 4. The molecule has 5 nitrogen and oxygen atoms in total. The molecule has 20 heavy (non-hydrogen) atoms. The number of methoxy groups -OCH3 is 2. The summed E-state index contributed by atoms with van der Waals surface area (Å²) in [6, 6.07) is 7.60. The van der Waals surface area contributed by atoms with E-state index in [-0.39, 0.29) is 12.5 Å². The number of rotatable bonds is 7. The molecule has 0 aromatic heterocycles. The zero-order chi connectivity index (χ0) is 15.0. The second-order valence-corrected chi connectivity index (χ2v) is 4.30. The van der Waals surface area contributed by atoms with Gasteiger partial charge in [-0.2, -0.15) is 0 Å². The lowest BCUT2D eigenvalue weighted by Crippen LogP contribution is -2.36. The van der Waals surface area contributed by atoms with Gasteiger partial charge in [0.15, 0.2) is 0 Å². The van der Waals surface area contributed by atoms with Gasteiger partial charge in [-0.05, 0) is 25.0 Å². The predicted molar refractivity (Wildman–Crippen MR) is 75.6 cm³/mol. The molecule has 110 valence electrons. The van der Waals surface area contributed by atoms with Crippen LogP contribution in [0.3, 0.4) is 0 Å². The topological polar surface area (TPSA) is 55.8 Å². The molecule has 0 spiro atoms. The van der Waals surface area contributed by atoms with E-state index in [1.54, 1.807) is 7.11 Å². The van der Waals surface area contributed by atoms with Crippen molar-refractivity contribution in [2.24, 2.45) is 0 Å². The van der Waals surface area contributed by atoms with E-state index in [0.29, 0.717) is 19.4 Å². The van der Waals surface area contributed by atoms with Crippen molar-refractivity contribution in [2.75, 3.05) is 27.3 Å². The summed E-state index contributed by atoms with van der Waals surface area (Å²) in [5.41, 5.74) is 0.984. The molecule has 0 atom stereocenters. The number of amides is 1. The monoisotopic (exact) mass is 279 g/mol. The number of carbonyl (C=O) groups is 2. The quantitative estimate of drug-likeness (QED) is 0.712. The van der Waals surface area contributed by atoms with Crippen molar-refractivity contribution in [3.63, 3.8) is 0 Å². The number of nitrogens with zero attached hydrogens (tertiary/aromatic N) is 1. The molecule has 0 heterocycles. The maximum atomic E-state index is 12.1. The van der Waals surface area contributed by atoms with Crippen LogP contribution in [0.5, 0.6) is 5.75 Å². The van der Waals surface area contributed by atoms with Crippen LogP contribution < -0.4 is 4.74 Å². The second-order valence-electron chi connectivity index (χ2n) is 4.30. The zero-order valence-corrected chi connectivity index (χ0v) is 12.2. The van der Waals surface area contributed by atoms with Gasteiger partial charge in [0.25, 0.3) is 0 Å². The first kappa shape index (κ1) is 16.0. The van der Waals surface area contributed by atoms with Crippen LogP contribution in [0.15, 0.2) is 24.3 Å². The number of ether oxygens (including phenoxy) is 2. The Labute approximate surface area is 119 Å². The molecule has 5 heteroatoms. The van der Waals surface area contributed by atoms with E-state index in [9.17, 15) is 9.59 Å². The summed E-state index contributed by atoms with van der Waals surface area (Å²) < 4.78 is 9.83. The predicted octanol–water partition coefficient (Wildman–Crippen LogP) is 1.65. The maximum absolute atomic E-state index is 12.1. The van der Waals surface area contributed by atoms with E-state index >= 15 is 0 Å². The normalized spacial score (nSPS) is 9.95. The van der Waals surface area contributed by atoms with E-state index in [2.05, 4.69) is 4.74 Å². The molecular formula is C15H21NO4. The van der Waals surface area contributed by atoms with Crippen LogP contribution in [-0.4, -0.2) is 44.1 Å². The minimum absolute atomic E-state index is 0.00222. The standard InChI is InChI=1S/C15H21NO4/c1-4-16(11-15(18)20-3)14(17)10-9-12-7-5-6-8-13(12)19-2/h5-8H,4,9-11H2,1-3H3. The molecule has 0 N–H and O–H groups in total. The molecule has 0 aliphatic rings. The SMILES string of the molecule is CCN(CC(=O)OC)C(=O)CCc1ccccc1OC. The van der Waals surface area contributed by atoms with Gasteiger partial charge < -0.3 is 14.4 Å². The second kappa shape index (κ2) is 8.19. The fraction of sp³-hybridized carbons (Fsp3) is 0.467. The highest BCUT2D eigenvalue weighted by atomic mass is 16.5. The van der Waals surface area contributed by atoms with Gasteiger partial charge in [0.2, 0.25) is 5.91 Å². The number of benzene rings is 1. The van der Waals surface area contributed by atoms with Crippen LogP contribution in [0, 0.1) is 0 Å². The average molecular weight is 279 g/mol. The molecule has 1 aromatic carbocycles. The minimum atomic E-state index is -0.405. The van der Waals surface area contributed by atoms with E-state index in [1.165, 1.54) is 12.0 Å². The molecule has 0 aliphatic carbocycles. The first-order valence-corrected chi connectivity index (χ1v) is 6.58. The summed E-state index contributed by atoms with van der Waals surface area (Å²) in [5.74, 6) is 0.303. The number of esters is 1. The lowest BCUT2D eigenvalue weighted by Gasteiger charge is -2.19. The summed E-state index contributed by atoms with van der Waals surface area (Å²) in [6.07, 6.45) is 0.922. The van der Waals surface area contributed by atoms with Crippen LogP contribution in [0.1, 0.15) is 18.9 Å². The number of likely N-dealkylation sites (N-methyl/N-ethyl adjacent to an activating group) is 1. The van der Waals surface area contributed by atoms with E-state index in [0.717, 1.165) is 11.3 Å². The third-order valence-corrected chi connectivity index (χ3v) is 3.08. The van der Waals surface area contributed by atoms with Crippen LogP contribution in [-0.2, 0) is 20.7 Å². The zero-order valence-electron chi connectivity index (χ0n) is 12.2. The molecule has 0 unspecified atom stereocenters. The van der Waals surface area contributed by atoms with Gasteiger partial charge in [0.05, 0.1) is 14.2 Å². The summed E-state index contributed by atoms with van der Waals surface area (Å²) in [5, 5.41) is 0. The Morgan fingerprint density at radius 2 is 1.90 bits per heavy atom. The molecule has 1 amide bonds. The van der Waals surface area contributed by atoms with Crippen LogP contribution in [0.4, 0.5) is 0 Å². The fourth-order valence-corrected chi connectivity index (χ4v) is 1.91. The number of carbonyl (C=O) groups excluding carboxylic acids is 2. The van der Waals surface area contributed by atoms with Gasteiger partial charge in [0, 0.05) is 13.0 Å². The van der Waals surface area contributed by atoms with Gasteiger partial charge >= 0.3 is 5.97 Å². The van der Waals surface area contributed by atoms with Crippen molar-refractivity contribution in [2.45, 2.75) is 19.8 Å². The minimum Gasteiger partial charge on any atom is -0.496 e. The van der Waals surface area contributed by atoms with E-state index in [1.807, 2.05) is 31.2 Å². The third-order valence-electron chi connectivity index (χ3n) is 3.08. The first-order valence-electron chi connectivity index (χ1n) is 6.58. The van der Waals surface area contributed by atoms with E-state index in [4.69, 9.17) is 4.74 Å². The lowest BCUT2D eigenvalue weighted by atomic mass is 10.1. The number of hydrogen-bond donors (Lipinski definition) is 0. The Balaban J connectivity index is 2.59. The van der Waals surface area contributed by atoms with Crippen LogP contribution >= 0.6 is 0 Å². The molecule has 0 radical (unpaired) electrons. The Bertz CT molecular complexity index is 459. The average Bonchev–Trinajstić information content (AvgIpc) is 2.50. The Hall–Kier alpha value is -2.04. The van der Waals surface area contributed by atoms with Crippen molar-refractivity contribution in [3.05, 3.63) is 29.8 Å². The maximum Gasteiger partial charge on any atom is 0.325 e. The van der Waals surface area contributed by atoms with Gasteiger partial charge in [-0.25, -0.2) is 0 Å². The molecule has 0 bridgehead atoms. The van der Waals surface area contributed by atoms with Gasteiger partial charge in [-0.15, -0.1) is 0 Å². The molecule has 0 aliphatic heterocycles. The van der Waals surface area contributed by atoms with Crippen molar-refractivity contribution in [1.82, 2.24) is 4.90 Å². The first-order chi connectivity index (χ1) is 9.62. The molecule has 1 rings (SSSR count). The highest BCUT2D eigenvalue weighted by Crippen LogP contribution is 2.19. The highest BCUT2D eigenvalue weighted by molar-refractivity contribution is 5.82. The highest BCUT2D eigenvalue weighted by Gasteiger charge is 2.16. The molecule has 0 saturated carbocycles. The molecule has 0 fully saturated rings. The Morgan fingerprint density at radius 3 is 2.50 bits per heavy atom. The van der Waals surface area contributed by atoms with Gasteiger partial charge in [-0.1, -0.05) is 18.2 Å². The fourth-order valence-electron chi connectivity index (χ4n) is 1.91. The summed E-state index contributed by atoms with van der Waals surface area (Å²) in [4.78, 5) is 24.8. The largest absolute Gasteiger partial charge is 0.496 e.